The molecule has 1 fully saturated rings. The molecule has 1 aliphatic rings. The fourth-order valence-electron chi connectivity index (χ4n) is 3.13. The third-order valence-electron chi connectivity index (χ3n) is 4.47. The van der Waals surface area contributed by atoms with E-state index in [0.29, 0.717) is 0 Å². The van der Waals surface area contributed by atoms with Crippen LogP contribution in [0, 0.1) is 11.2 Å². The van der Waals surface area contributed by atoms with Crippen LogP contribution in [0.4, 0.5) is 4.39 Å². The van der Waals surface area contributed by atoms with E-state index >= 15 is 0 Å². The zero-order valence-corrected chi connectivity index (χ0v) is 13.0. The zero-order valence-electron chi connectivity index (χ0n) is 11.4. The summed E-state index contributed by atoms with van der Waals surface area (Å²) in [6.07, 6.45) is 6.98. The van der Waals surface area contributed by atoms with Gasteiger partial charge in [0.1, 0.15) is 5.82 Å². The molecule has 0 heterocycles. The van der Waals surface area contributed by atoms with E-state index in [0.717, 1.165) is 16.5 Å². The molecule has 3 N–H and O–H groups in total. The summed E-state index contributed by atoms with van der Waals surface area (Å²) in [4.78, 5) is 0. The average molecular weight is 329 g/mol. The predicted molar refractivity (Wildman–Crippen MR) is 80.1 cm³/mol. The fourth-order valence-corrected chi connectivity index (χ4v) is 3.54. The van der Waals surface area contributed by atoms with Crippen molar-refractivity contribution in [1.82, 2.24) is 5.43 Å². The summed E-state index contributed by atoms with van der Waals surface area (Å²) in [7, 11) is 0. The van der Waals surface area contributed by atoms with Crippen molar-refractivity contribution >= 4 is 15.9 Å². The lowest BCUT2D eigenvalue weighted by Gasteiger charge is -2.40. The van der Waals surface area contributed by atoms with Crippen LogP contribution in [0.25, 0.3) is 0 Å². The van der Waals surface area contributed by atoms with Crippen LogP contribution < -0.4 is 11.3 Å². The van der Waals surface area contributed by atoms with Crippen molar-refractivity contribution in [2.24, 2.45) is 11.3 Å². The summed E-state index contributed by atoms with van der Waals surface area (Å²) in [5.41, 5.74) is 4.15. The van der Waals surface area contributed by atoms with Gasteiger partial charge in [0.15, 0.2) is 0 Å². The molecule has 1 unspecified atom stereocenters. The largest absolute Gasteiger partial charge is 0.271 e. The predicted octanol–water partition coefficient (Wildman–Crippen LogP) is 3.93. The van der Waals surface area contributed by atoms with Crippen LogP contribution in [-0.4, -0.2) is 6.04 Å². The second-order valence-electron chi connectivity index (χ2n) is 5.87. The number of hydrogen-bond acceptors (Lipinski definition) is 2. The Morgan fingerprint density at radius 3 is 2.68 bits per heavy atom. The minimum atomic E-state index is -0.192. The van der Waals surface area contributed by atoms with Gasteiger partial charge in [-0.3, -0.25) is 11.3 Å². The van der Waals surface area contributed by atoms with Gasteiger partial charge in [-0.2, -0.15) is 0 Å². The number of hydrogen-bond donors (Lipinski definition) is 2. The molecule has 1 saturated carbocycles. The van der Waals surface area contributed by atoms with E-state index in [2.05, 4.69) is 28.3 Å². The molecule has 4 heteroatoms. The van der Waals surface area contributed by atoms with Crippen LogP contribution in [0.15, 0.2) is 22.7 Å². The molecule has 0 saturated heterocycles. The Labute approximate surface area is 123 Å². The topological polar surface area (TPSA) is 38.0 Å². The number of benzene rings is 1. The van der Waals surface area contributed by atoms with Gasteiger partial charge >= 0.3 is 0 Å². The molecule has 19 heavy (non-hydrogen) atoms. The molecule has 0 aliphatic heterocycles. The van der Waals surface area contributed by atoms with Gasteiger partial charge in [0.25, 0.3) is 0 Å². The highest BCUT2D eigenvalue weighted by molar-refractivity contribution is 9.10. The third kappa shape index (κ3) is 3.56. The van der Waals surface area contributed by atoms with E-state index in [1.54, 1.807) is 12.1 Å². The van der Waals surface area contributed by atoms with Gasteiger partial charge in [-0.05, 0) is 48.4 Å². The van der Waals surface area contributed by atoms with E-state index in [1.165, 1.54) is 38.2 Å². The van der Waals surface area contributed by atoms with Crippen LogP contribution in [0.5, 0.6) is 0 Å². The minimum Gasteiger partial charge on any atom is -0.271 e. The van der Waals surface area contributed by atoms with E-state index in [4.69, 9.17) is 5.84 Å². The summed E-state index contributed by atoms with van der Waals surface area (Å²) in [6.45, 7) is 2.30. The highest BCUT2D eigenvalue weighted by atomic mass is 79.9. The first-order valence-electron chi connectivity index (χ1n) is 6.95. The maximum absolute atomic E-state index is 13.4. The molecular weight excluding hydrogens is 307 g/mol. The van der Waals surface area contributed by atoms with Crippen molar-refractivity contribution < 1.29 is 4.39 Å². The number of rotatable bonds is 4. The number of halogens is 2. The van der Waals surface area contributed by atoms with Crippen LogP contribution in [-0.2, 0) is 6.42 Å². The maximum atomic E-state index is 13.4. The van der Waals surface area contributed by atoms with E-state index in [9.17, 15) is 4.39 Å². The smallest absolute Gasteiger partial charge is 0.123 e. The summed E-state index contributed by atoms with van der Waals surface area (Å²) >= 11 is 3.49. The average Bonchev–Trinajstić information content (AvgIpc) is 2.40. The molecule has 106 valence electrons. The molecule has 0 radical (unpaired) electrons. The minimum absolute atomic E-state index is 0.186. The Morgan fingerprint density at radius 2 is 2.05 bits per heavy atom. The Hall–Kier alpha value is -0.450. The third-order valence-corrected chi connectivity index (χ3v) is 5.24. The first-order chi connectivity index (χ1) is 9.05. The van der Waals surface area contributed by atoms with Crippen molar-refractivity contribution in [3.05, 3.63) is 34.1 Å². The Balaban J connectivity index is 2.16. The summed E-state index contributed by atoms with van der Waals surface area (Å²) < 4.78 is 14.3. The lowest BCUT2D eigenvalue weighted by molar-refractivity contribution is 0.144. The van der Waals surface area contributed by atoms with Crippen molar-refractivity contribution in [3.8, 4) is 0 Å². The van der Waals surface area contributed by atoms with Crippen LogP contribution in [0.1, 0.15) is 44.6 Å². The monoisotopic (exact) mass is 328 g/mol. The van der Waals surface area contributed by atoms with Crippen molar-refractivity contribution in [1.29, 1.82) is 0 Å². The summed E-state index contributed by atoms with van der Waals surface area (Å²) in [5, 5.41) is 0. The molecule has 1 aromatic carbocycles. The van der Waals surface area contributed by atoms with Gasteiger partial charge in [0.2, 0.25) is 0 Å². The molecule has 2 rings (SSSR count). The molecule has 1 aliphatic carbocycles. The van der Waals surface area contributed by atoms with Crippen LogP contribution in [0.3, 0.4) is 0 Å². The SMILES string of the molecule is CC1(C(Cc2cc(F)ccc2Br)NN)CCCCC1. The molecular formula is C15H22BrFN2. The van der Waals surface area contributed by atoms with Crippen molar-refractivity contribution in [3.63, 3.8) is 0 Å². The van der Waals surface area contributed by atoms with Gasteiger partial charge in [0.05, 0.1) is 0 Å². The highest BCUT2D eigenvalue weighted by Crippen LogP contribution is 2.40. The Morgan fingerprint density at radius 1 is 1.37 bits per heavy atom. The maximum Gasteiger partial charge on any atom is 0.123 e. The van der Waals surface area contributed by atoms with Crippen molar-refractivity contribution in [2.45, 2.75) is 51.5 Å². The molecule has 0 spiro atoms. The lowest BCUT2D eigenvalue weighted by atomic mass is 9.69. The van der Waals surface area contributed by atoms with Gasteiger partial charge < -0.3 is 0 Å². The van der Waals surface area contributed by atoms with Gasteiger partial charge in [0, 0.05) is 10.5 Å². The van der Waals surface area contributed by atoms with E-state index in [1.807, 2.05) is 0 Å². The molecule has 2 nitrogen and oxygen atoms in total. The normalized spacial score (nSPS) is 20.2. The molecule has 1 aromatic rings. The number of nitrogens with two attached hydrogens (primary N) is 1. The Bertz CT molecular complexity index is 430. The Kier molecular flexibility index (Phi) is 4.98. The molecule has 0 bridgehead atoms. The number of nitrogens with one attached hydrogen (secondary N) is 1. The fraction of sp³-hybridized carbons (Fsp3) is 0.600. The van der Waals surface area contributed by atoms with E-state index in [-0.39, 0.29) is 17.3 Å². The van der Waals surface area contributed by atoms with Crippen LogP contribution >= 0.6 is 15.9 Å². The van der Waals surface area contributed by atoms with Gasteiger partial charge in [-0.1, -0.05) is 42.1 Å². The quantitative estimate of drug-likeness (QED) is 0.649. The van der Waals surface area contributed by atoms with E-state index < -0.39 is 0 Å². The van der Waals surface area contributed by atoms with Crippen LogP contribution in [0.2, 0.25) is 0 Å². The molecule has 0 amide bonds. The van der Waals surface area contributed by atoms with Crippen molar-refractivity contribution in [2.75, 3.05) is 0 Å². The highest BCUT2D eigenvalue weighted by Gasteiger charge is 2.35. The molecule has 1 atom stereocenters. The number of hydrazine groups is 1. The summed E-state index contributed by atoms with van der Waals surface area (Å²) in [6, 6.07) is 5.02. The second kappa shape index (κ2) is 6.33. The lowest BCUT2D eigenvalue weighted by Crippen LogP contribution is -2.49. The molecule has 0 aromatic heterocycles. The summed E-state index contributed by atoms with van der Waals surface area (Å²) in [5.74, 6) is 5.57. The first kappa shape index (κ1) is 14.9. The van der Waals surface area contributed by atoms with Gasteiger partial charge in [-0.25, -0.2) is 4.39 Å². The zero-order chi connectivity index (χ0) is 13.9. The first-order valence-corrected chi connectivity index (χ1v) is 7.74. The van der Waals surface area contributed by atoms with Gasteiger partial charge in [-0.15, -0.1) is 0 Å². The standard InChI is InChI=1S/C15H22BrFN2/c1-15(7-3-2-4-8-15)14(19-18)10-11-9-12(17)5-6-13(11)16/h5-6,9,14,19H,2-4,7-8,10,18H2,1H3. The second-order valence-corrected chi connectivity index (χ2v) is 6.73.